The molecule has 1 unspecified atom stereocenters. The third-order valence-electron chi connectivity index (χ3n) is 5.09. The lowest BCUT2D eigenvalue weighted by atomic mass is 9.94. The molecular formula is C21H33N5O7S. The summed E-state index contributed by atoms with van der Waals surface area (Å²) in [6.07, 6.45) is 2.35. The van der Waals surface area contributed by atoms with Gasteiger partial charge in [-0.2, -0.15) is 0 Å². The number of imide groups is 1. The van der Waals surface area contributed by atoms with Crippen LogP contribution in [0.5, 0.6) is 0 Å². The number of thioether (sulfide) groups is 1. The maximum absolute atomic E-state index is 12.2. The van der Waals surface area contributed by atoms with Crippen LogP contribution in [0.4, 0.5) is 0 Å². The second kappa shape index (κ2) is 15.0. The van der Waals surface area contributed by atoms with Gasteiger partial charge < -0.3 is 21.3 Å². The third-order valence-corrected chi connectivity index (χ3v) is 5.75. The second-order valence-corrected chi connectivity index (χ2v) is 8.91. The minimum atomic E-state index is -0.590. The van der Waals surface area contributed by atoms with E-state index in [9.17, 15) is 33.6 Å². The highest BCUT2D eigenvalue weighted by molar-refractivity contribution is 8.13. The van der Waals surface area contributed by atoms with Crippen LogP contribution in [0.25, 0.3) is 0 Å². The normalized spacial score (nSPS) is 15.3. The fourth-order valence-electron chi connectivity index (χ4n) is 3.08. The summed E-state index contributed by atoms with van der Waals surface area (Å²) in [5.41, 5.74) is 0. The van der Waals surface area contributed by atoms with Gasteiger partial charge in [0, 0.05) is 38.3 Å². The lowest BCUT2D eigenvalue weighted by molar-refractivity contribution is -0.140. The van der Waals surface area contributed by atoms with Crippen LogP contribution in [0.15, 0.2) is 0 Å². The first-order chi connectivity index (χ1) is 16.0. The van der Waals surface area contributed by atoms with Gasteiger partial charge in [0.15, 0.2) is 5.12 Å². The molecule has 0 aromatic rings. The fourth-order valence-corrected chi connectivity index (χ4v) is 3.39. The number of likely N-dealkylation sites (tertiary alicyclic amines) is 1. The summed E-state index contributed by atoms with van der Waals surface area (Å²) in [4.78, 5) is 83.4. The van der Waals surface area contributed by atoms with E-state index in [1.165, 1.54) is 4.90 Å². The predicted octanol–water partition coefficient (Wildman–Crippen LogP) is -1.46. The van der Waals surface area contributed by atoms with Crippen LogP contribution in [0.1, 0.15) is 39.5 Å². The van der Waals surface area contributed by atoms with Crippen molar-refractivity contribution in [2.24, 2.45) is 11.8 Å². The Morgan fingerprint density at radius 3 is 1.91 bits per heavy atom. The highest BCUT2D eigenvalue weighted by Gasteiger charge is 2.39. The van der Waals surface area contributed by atoms with Crippen molar-refractivity contribution in [2.75, 3.05) is 39.0 Å². The molecule has 1 aliphatic rings. The number of carbonyl (C=O) groups excluding carboxylic acids is 7. The Kier molecular flexibility index (Phi) is 12.9. The van der Waals surface area contributed by atoms with Crippen molar-refractivity contribution in [3.8, 4) is 0 Å². The minimum Gasteiger partial charge on any atom is -0.354 e. The molecular weight excluding hydrogens is 466 g/mol. The molecule has 1 atom stereocenters. The maximum Gasteiger partial charge on any atom is 0.239 e. The quantitative estimate of drug-likeness (QED) is 0.210. The van der Waals surface area contributed by atoms with Crippen LogP contribution in [-0.4, -0.2) is 84.4 Å². The van der Waals surface area contributed by atoms with Gasteiger partial charge >= 0.3 is 0 Å². The van der Waals surface area contributed by atoms with Crippen molar-refractivity contribution >= 4 is 52.3 Å². The van der Waals surface area contributed by atoms with Crippen molar-refractivity contribution in [1.29, 1.82) is 0 Å². The summed E-state index contributed by atoms with van der Waals surface area (Å²) >= 11 is 1.07. The highest BCUT2D eigenvalue weighted by atomic mass is 32.2. The molecule has 34 heavy (non-hydrogen) atoms. The van der Waals surface area contributed by atoms with E-state index in [1.807, 2.05) is 13.8 Å². The summed E-state index contributed by atoms with van der Waals surface area (Å²) in [7, 11) is 0. The van der Waals surface area contributed by atoms with Gasteiger partial charge in [0.05, 0.1) is 19.6 Å². The zero-order valence-corrected chi connectivity index (χ0v) is 20.5. The van der Waals surface area contributed by atoms with Crippen molar-refractivity contribution in [1.82, 2.24) is 26.2 Å². The lowest BCUT2D eigenvalue weighted by Gasteiger charge is -2.16. The van der Waals surface area contributed by atoms with Crippen LogP contribution in [-0.2, 0) is 33.6 Å². The SMILES string of the molecule is CSC(=O)CCNC(=O)CNC(=O)CNC(=O)CNC(=O)CCCN1C(=O)CC(C(C)C)C1=O. The van der Waals surface area contributed by atoms with E-state index in [-0.39, 0.29) is 87.2 Å². The van der Waals surface area contributed by atoms with E-state index < -0.39 is 23.6 Å². The van der Waals surface area contributed by atoms with Crippen LogP contribution < -0.4 is 21.3 Å². The van der Waals surface area contributed by atoms with Gasteiger partial charge in [-0.1, -0.05) is 25.6 Å². The number of nitrogens with zero attached hydrogens (tertiary/aromatic N) is 1. The van der Waals surface area contributed by atoms with E-state index in [1.54, 1.807) is 6.26 Å². The van der Waals surface area contributed by atoms with Crippen LogP contribution >= 0.6 is 11.8 Å². The standard InChI is InChI=1S/C21H33N5O7S/c1-13(2)14-9-19(31)26(21(14)33)8-4-5-15(27)23-11-17(29)25-12-18(30)24-10-16(28)22-7-6-20(32)34-3/h13-14H,4-12H2,1-3H3,(H,22,28)(H,23,27)(H,24,30)(H,25,29). The number of amides is 6. The molecule has 1 rings (SSSR count). The maximum atomic E-state index is 12.2. The molecule has 0 aromatic heterocycles. The average molecular weight is 500 g/mol. The van der Waals surface area contributed by atoms with Crippen molar-refractivity contribution in [2.45, 2.75) is 39.5 Å². The largest absolute Gasteiger partial charge is 0.354 e. The third kappa shape index (κ3) is 10.8. The molecule has 4 N–H and O–H groups in total. The topological polar surface area (TPSA) is 171 Å². The van der Waals surface area contributed by atoms with Gasteiger partial charge in [0.2, 0.25) is 35.4 Å². The highest BCUT2D eigenvalue weighted by Crippen LogP contribution is 2.26. The Morgan fingerprint density at radius 2 is 1.41 bits per heavy atom. The monoisotopic (exact) mass is 499 g/mol. The summed E-state index contributed by atoms with van der Waals surface area (Å²) in [6, 6.07) is 0. The number of carbonyl (C=O) groups is 7. The molecule has 0 aromatic carbocycles. The molecule has 0 saturated carbocycles. The Balaban J connectivity index is 2.15. The predicted molar refractivity (Wildman–Crippen MR) is 124 cm³/mol. The Morgan fingerprint density at radius 1 is 0.882 bits per heavy atom. The second-order valence-electron chi connectivity index (χ2n) is 8.05. The molecule has 0 aliphatic carbocycles. The molecule has 1 heterocycles. The molecule has 1 saturated heterocycles. The van der Waals surface area contributed by atoms with E-state index in [2.05, 4.69) is 21.3 Å². The number of nitrogens with one attached hydrogen (secondary N) is 4. The fraction of sp³-hybridized carbons (Fsp3) is 0.667. The van der Waals surface area contributed by atoms with E-state index in [0.717, 1.165) is 11.8 Å². The molecule has 1 fully saturated rings. The van der Waals surface area contributed by atoms with Gasteiger partial charge in [-0.15, -0.1) is 0 Å². The van der Waals surface area contributed by atoms with E-state index >= 15 is 0 Å². The molecule has 1 aliphatic heterocycles. The Labute approximate surface area is 202 Å². The first-order valence-corrected chi connectivity index (χ1v) is 12.2. The lowest BCUT2D eigenvalue weighted by Crippen LogP contribution is -2.44. The van der Waals surface area contributed by atoms with E-state index in [0.29, 0.717) is 0 Å². The van der Waals surface area contributed by atoms with Gasteiger partial charge in [-0.3, -0.25) is 38.5 Å². The number of hydrogen-bond acceptors (Lipinski definition) is 8. The molecule has 12 nitrogen and oxygen atoms in total. The molecule has 0 spiro atoms. The van der Waals surface area contributed by atoms with Crippen LogP contribution in [0, 0.1) is 11.8 Å². The van der Waals surface area contributed by atoms with Crippen molar-refractivity contribution in [3.05, 3.63) is 0 Å². The minimum absolute atomic E-state index is 0.0365. The average Bonchev–Trinajstić information content (AvgIpc) is 3.08. The summed E-state index contributed by atoms with van der Waals surface area (Å²) in [5.74, 6) is -2.74. The molecule has 13 heteroatoms. The number of hydrogen-bond donors (Lipinski definition) is 4. The zero-order chi connectivity index (χ0) is 25.7. The number of rotatable bonds is 14. The molecule has 0 radical (unpaired) electrons. The Hall–Kier alpha value is -2.96. The van der Waals surface area contributed by atoms with Crippen LogP contribution in [0.2, 0.25) is 0 Å². The zero-order valence-electron chi connectivity index (χ0n) is 19.7. The van der Waals surface area contributed by atoms with Gasteiger partial charge in [0.25, 0.3) is 0 Å². The van der Waals surface area contributed by atoms with Crippen molar-refractivity contribution in [3.63, 3.8) is 0 Å². The molecule has 0 bridgehead atoms. The van der Waals surface area contributed by atoms with E-state index in [4.69, 9.17) is 0 Å². The first-order valence-electron chi connectivity index (χ1n) is 11.0. The van der Waals surface area contributed by atoms with Gasteiger partial charge in [-0.05, 0) is 18.6 Å². The molecule has 6 amide bonds. The van der Waals surface area contributed by atoms with Crippen molar-refractivity contribution < 1.29 is 33.6 Å². The summed E-state index contributed by atoms with van der Waals surface area (Å²) in [5, 5.41) is 9.46. The Bertz CT molecular complexity index is 802. The summed E-state index contributed by atoms with van der Waals surface area (Å²) < 4.78 is 0. The molecule has 190 valence electrons. The van der Waals surface area contributed by atoms with Crippen LogP contribution in [0.3, 0.4) is 0 Å². The van der Waals surface area contributed by atoms with Gasteiger partial charge in [-0.25, -0.2) is 0 Å². The van der Waals surface area contributed by atoms with Gasteiger partial charge in [0.1, 0.15) is 0 Å². The summed E-state index contributed by atoms with van der Waals surface area (Å²) in [6.45, 7) is 3.10. The smallest absolute Gasteiger partial charge is 0.239 e. The first kappa shape index (κ1) is 29.1.